The van der Waals surface area contributed by atoms with Crippen LogP contribution < -0.4 is 5.32 Å². The van der Waals surface area contributed by atoms with Crippen molar-refractivity contribution >= 4 is 5.82 Å². The predicted molar refractivity (Wildman–Crippen MR) is 53.4 cm³/mol. The summed E-state index contributed by atoms with van der Waals surface area (Å²) in [4.78, 5) is 8.19. The molecule has 0 aliphatic heterocycles. The first kappa shape index (κ1) is 9.53. The van der Waals surface area contributed by atoms with Gasteiger partial charge in [-0.3, -0.25) is 0 Å². The summed E-state index contributed by atoms with van der Waals surface area (Å²) in [6.45, 7) is 4.68. The molecule has 0 atom stereocenters. The largest absolute Gasteiger partial charge is 0.359 e. The van der Waals surface area contributed by atoms with E-state index < -0.39 is 0 Å². The van der Waals surface area contributed by atoms with Crippen molar-refractivity contribution in [2.24, 2.45) is 0 Å². The highest BCUT2D eigenvalue weighted by Crippen LogP contribution is 2.12. The van der Waals surface area contributed by atoms with E-state index in [2.05, 4.69) is 35.1 Å². The number of aromatic nitrogens is 2. The quantitative estimate of drug-likeness (QED) is 0.710. The zero-order chi connectivity index (χ0) is 9.68. The zero-order valence-corrected chi connectivity index (χ0v) is 7.91. The second-order valence-electron chi connectivity index (χ2n) is 3.04. The lowest BCUT2D eigenvalue weighted by molar-refractivity contribution is 0.814. The molecule has 68 valence electrons. The van der Waals surface area contributed by atoms with E-state index in [-0.39, 0.29) is 0 Å². The van der Waals surface area contributed by atoms with E-state index in [1.54, 1.807) is 6.33 Å². The number of nitrogens with zero attached hydrogens (tertiary/aromatic N) is 2. The number of nitrogens with one attached hydrogen (secondary N) is 1. The topological polar surface area (TPSA) is 37.8 Å². The summed E-state index contributed by atoms with van der Waals surface area (Å²) >= 11 is 0. The first-order valence-corrected chi connectivity index (χ1v) is 4.23. The standard InChI is InChI=1S/C10H13N3/c1-4-5-11-10-6-9(8(2)3)12-7-13-10/h1,6-8H,5H2,2-3H3,(H,11,12,13). The van der Waals surface area contributed by atoms with Gasteiger partial charge in [0.05, 0.1) is 6.54 Å². The first-order valence-electron chi connectivity index (χ1n) is 4.23. The van der Waals surface area contributed by atoms with Crippen molar-refractivity contribution in [1.29, 1.82) is 0 Å². The van der Waals surface area contributed by atoms with Crippen molar-refractivity contribution in [2.75, 3.05) is 11.9 Å². The molecule has 13 heavy (non-hydrogen) atoms. The van der Waals surface area contributed by atoms with E-state index in [0.717, 1.165) is 11.5 Å². The molecule has 0 amide bonds. The lowest BCUT2D eigenvalue weighted by Crippen LogP contribution is -2.03. The van der Waals surface area contributed by atoms with Crippen molar-refractivity contribution in [1.82, 2.24) is 9.97 Å². The number of hydrogen-bond donors (Lipinski definition) is 1. The van der Waals surface area contributed by atoms with Crippen molar-refractivity contribution in [3.63, 3.8) is 0 Å². The van der Waals surface area contributed by atoms with Gasteiger partial charge < -0.3 is 5.32 Å². The third-order valence-corrected chi connectivity index (χ3v) is 1.65. The molecule has 0 saturated heterocycles. The maximum atomic E-state index is 5.12. The molecule has 0 unspecified atom stereocenters. The Hall–Kier alpha value is -1.56. The molecule has 1 heterocycles. The summed E-state index contributed by atoms with van der Waals surface area (Å²) in [5, 5.41) is 3.00. The van der Waals surface area contributed by atoms with Gasteiger partial charge in [0, 0.05) is 11.8 Å². The van der Waals surface area contributed by atoms with E-state index in [1.165, 1.54) is 0 Å². The SMILES string of the molecule is C#CCNc1cc(C(C)C)ncn1. The van der Waals surface area contributed by atoms with Gasteiger partial charge in [-0.2, -0.15) is 0 Å². The molecule has 0 spiro atoms. The van der Waals surface area contributed by atoms with Gasteiger partial charge in [0.15, 0.2) is 0 Å². The Morgan fingerprint density at radius 1 is 1.54 bits per heavy atom. The van der Waals surface area contributed by atoms with Crippen LogP contribution in [0.15, 0.2) is 12.4 Å². The van der Waals surface area contributed by atoms with Crippen LogP contribution in [0.4, 0.5) is 5.82 Å². The van der Waals surface area contributed by atoms with E-state index in [1.807, 2.05) is 6.07 Å². The summed E-state index contributed by atoms with van der Waals surface area (Å²) in [5.41, 5.74) is 1.02. The fourth-order valence-corrected chi connectivity index (χ4v) is 0.926. The van der Waals surface area contributed by atoms with Crippen LogP contribution in [0.5, 0.6) is 0 Å². The maximum absolute atomic E-state index is 5.12. The van der Waals surface area contributed by atoms with Crippen LogP contribution in [0.3, 0.4) is 0 Å². The number of rotatable bonds is 3. The Kier molecular flexibility index (Phi) is 3.27. The Morgan fingerprint density at radius 3 is 2.92 bits per heavy atom. The molecule has 0 aliphatic carbocycles. The third kappa shape index (κ3) is 2.75. The lowest BCUT2D eigenvalue weighted by atomic mass is 10.1. The molecule has 3 heteroatoms. The third-order valence-electron chi connectivity index (χ3n) is 1.65. The Morgan fingerprint density at radius 2 is 2.31 bits per heavy atom. The summed E-state index contributed by atoms with van der Waals surface area (Å²) in [6.07, 6.45) is 6.67. The maximum Gasteiger partial charge on any atom is 0.130 e. The molecule has 1 N–H and O–H groups in total. The molecule has 0 saturated carbocycles. The number of anilines is 1. The van der Waals surface area contributed by atoms with Gasteiger partial charge in [0.2, 0.25) is 0 Å². The molecule has 1 aromatic heterocycles. The minimum Gasteiger partial charge on any atom is -0.359 e. The highest BCUT2D eigenvalue weighted by atomic mass is 15.0. The molecule has 0 bridgehead atoms. The van der Waals surface area contributed by atoms with Gasteiger partial charge >= 0.3 is 0 Å². The van der Waals surface area contributed by atoms with Crippen molar-refractivity contribution < 1.29 is 0 Å². The van der Waals surface area contributed by atoms with E-state index >= 15 is 0 Å². The highest BCUT2D eigenvalue weighted by molar-refractivity contribution is 5.36. The zero-order valence-electron chi connectivity index (χ0n) is 7.91. The summed E-state index contributed by atoms with van der Waals surface area (Å²) in [6, 6.07) is 1.92. The second kappa shape index (κ2) is 4.46. The fourth-order valence-electron chi connectivity index (χ4n) is 0.926. The smallest absolute Gasteiger partial charge is 0.130 e. The van der Waals surface area contributed by atoms with Crippen LogP contribution in [-0.2, 0) is 0 Å². The molecular formula is C10H13N3. The van der Waals surface area contributed by atoms with Crippen LogP contribution >= 0.6 is 0 Å². The Balaban J connectivity index is 2.75. The minimum absolute atomic E-state index is 0.411. The number of hydrogen-bond acceptors (Lipinski definition) is 3. The molecule has 1 rings (SSSR count). The van der Waals surface area contributed by atoms with E-state index in [4.69, 9.17) is 6.42 Å². The Labute approximate surface area is 78.6 Å². The molecule has 3 nitrogen and oxygen atoms in total. The monoisotopic (exact) mass is 175 g/mol. The average molecular weight is 175 g/mol. The predicted octanol–water partition coefficient (Wildman–Crippen LogP) is 1.65. The molecule has 0 aromatic carbocycles. The van der Waals surface area contributed by atoms with E-state index in [0.29, 0.717) is 12.5 Å². The van der Waals surface area contributed by atoms with Crippen molar-refractivity contribution in [2.45, 2.75) is 19.8 Å². The van der Waals surface area contributed by atoms with Crippen molar-refractivity contribution in [3.8, 4) is 12.3 Å². The summed E-state index contributed by atoms with van der Waals surface area (Å²) < 4.78 is 0. The summed E-state index contributed by atoms with van der Waals surface area (Å²) in [7, 11) is 0. The van der Waals surface area contributed by atoms with Gasteiger partial charge in [-0.1, -0.05) is 19.8 Å². The van der Waals surface area contributed by atoms with E-state index in [9.17, 15) is 0 Å². The van der Waals surface area contributed by atoms with Gasteiger partial charge in [-0.25, -0.2) is 9.97 Å². The molecule has 0 aliphatic rings. The molecule has 0 fully saturated rings. The molecule has 0 radical (unpaired) electrons. The van der Waals surface area contributed by atoms with Crippen LogP contribution in [0, 0.1) is 12.3 Å². The van der Waals surface area contributed by atoms with Gasteiger partial charge in [0.1, 0.15) is 12.1 Å². The van der Waals surface area contributed by atoms with Crippen LogP contribution in [0.25, 0.3) is 0 Å². The first-order chi connectivity index (χ1) is 6.24. The van der Waals surface area contributed by atoms with Gasteiger partial charge in [0.25, 0.3) is 0 Å². The lowest BCUT2D eigenvalue weighted by Gasteiger charge is -2.06. The molecular weight excluding hydrogens is 162 g/mol. The normalized spacial score (nSPS) is 9.69. The minimum atomic E-state index is 0.411. The Bertz CT molecular complexity index is 312. The summed E-state index contributed by atoms with van der Waals surface area (Å²) in [5.74, 6) is 3.69. The van der Waals surface area contributed by atoms with Crippen molar-refractivity contribution in [3.05, 3.63) is 18.1 Å². The van der Waals surface area contributed by atoms with Crippen LogP contribution in [0.2, 0.25) is 0 Å². The van der Waals surface area contributed by atoms with Gasteiger partial charge in [-0.05, 0) is 5.92 Å². The van der Waals surface area contributed by atoms with Crippen LogP contribution in [-0.4, -0.2) is 16.5 Å². The second-order valence-corrected chi connectivity index (χ2v) is 3.04. The fraction of sp³-hybridized carbons (Fsp3) is 0.400. The average Bonchev–Trinajstić information content (AvgIpc) is 2.15. The van der Waals surface area contributed by atoms with Crippen LogP contribution in [0.1, 0.15) is 25.5 Å². The number of terminal acetylenes is 1. The highest BCUT2D eigenvalue weighted by Gasteiger charge is 2.01. The van der Waals surface area contributed by atoms with Gasteiger partial charge in [-0.15, -0.1) is 6.42 Å². The molecule has 1 aromatic rings.